The third kappa shape index (κ3) is 7.74. The molecule has 0 aromatic heterocycles. The number of halogens is 1. The molecule has 0 spiro atoms. The number of nitrogens with one attached hydrogen (secondary N) is 2. The van der Waals surface area contributed by atoms with Crippen molar-refractivity contribution in [2.24, 2.45) is 5.92 Å². The molecular weight excluding hydrogens is 373 g/mol. The quantitative estimate of drug-likeness (QED) is 0.553. The van der Waals surface area contributed by atoms with Crippen LogP contribution < -0.4 is 10.6 Å². The first-order valence-corrected chi connectivity index (χ1v) is 10.7. The molecular formula is C22H34FN3O3. The molecule has 1 aromatic carbocycles. The van der Waals surface area contributed by atoms with E-state index in [1.165, 1.54) is 24.3 Å². The smallest absolute Gasteiger partial charge is 0.251 e. The third-order valence-corrected chi connectivity index (χ3v) is 5.59. The maximum Gasteiger partial charge on any atom is 0.251 e. The van der Waals surface area contributed by atoms with Gasteiger partial charge in [0.1, 0.15) is 5.82 Å². The van der Waals surface area contributed by atoms with Gasteiger partial charge in [0, 0.05) is 44.2 Å². The highest BCUT2D eigenvalue weighted by molar-refractivity contribution is 5.94. The largest absolute Gasteiger partial charge is 0.379 e. The molecule has 0 saturated carbocycles. The predicted octanol–water partition coefficient (Wildman–Crippen LogP) is 2.59. The van der Waals surface area contributed by atoms with Gasteiger partial charge in [0.2, 0.25) is 5.91 Å². The van der Waals surface area contributed by atoms with Crippen molar-refractivity contribution < 1.29 is 18.7 Å². The van der Waals surface area contributed by atoms with Crippen LogP contribution in [-0.2, 0) is 9.53 Å². The topological polar surface area (TPSA) is 70.7 Å². The number of benzene rings is 1. The summed E-state index contributed by atoms with van der Waals surface area (Å²) in [4.78, 5) is 26.7. The van der Waals surface area contributed by atoms with Gasteiger partial charge < -0.3 is 15.4 Å². The number of carbonyl (C=O) groups excluding carboxylic acids is 2. The molecule has 1 heterocycles. The number of nitrogens with zero attached hydrogens (tertiary/aromatic N) is 1. The minimum Gasteiger partial charge on any atom is -0.379 e. The number of morpholine rings is 1. The summed E-state index contributed by atoms with van der Waals surface area (Å²) in [6.07, 6.45) is 3.10. The van der Waals surface area contributed by atoms with Crippen molar-refractivity contribution in [3.63, 3.8) is 0 Å². The summed E-state index contributed by atoms with van der Waals surface area (Å²) in [6.45, 7) is 8.77. The van der Waals surface area contributed by atoms with Gasteiger partial charge in [-0.15, -0.1) is 0 Å². The van der Waals surface area contributed by atoms with Crippen molar-refractivity contribution in [2.45, 2.75) is 45.6 Å². The van der Waals surface area contributed by atoms with Gasteiger partial charge >= 0.3 is 0 Å². The molecule has 6 nitrogen and oxygen atoms in total. The molecule has 7 heteroatoms. The van der Waals surface area contributed by atoms with Crippen LogP contribution in [0.15, 0.2) is 24.3 Å². The first kappa shape index (κ1) is 23.3. The monoisotopic (exact) mass is 407 g/mol. The Balaban J connectivity index is 1.71. The number of ether oxygens (including phenoxy) is 1. The minimum atomic E-state index is -0.373. The van der Waals surface area contributed by atoms with E-state index in [-0.39, 0.29) is 17.6 Å². The van der Waals surface area contributed by atoms with Crippen LogP contribution in [-0.4, -0.2) is 62.1 Å². The van der Waals surface area contributed by atoms with Gasteiger partial charge in [-0.1, -0.05) is 26.7 Å². The van der Waals surface area contributed by atoms with Gasteiger partial charge in [-0.2, -0.15) is 0 Å². The molecule has 0 radical (unpaired) electrons. The van der Waals surface area contributed by atoms with Gasteiger partial charge in [0.25, 0.3) is 5.91 Å². The summed E-state index contributed by atoms with van der Waals surface area (Å²) in [5.74, 6) is -0.0813. The lowest BCUT2D eigenvalue weighted by molar-refractivity contribution is -0.121. The van der Waals surface area contributed by atoms with Crippen LogP contribution in [0.3, 0.4) is 0 Å². The molecule has 1 aromatic rings. The van der Waals surface area contributed by atoms with Crippen LogP contribution in [0.4, 0.5) is 4.39 Å². The molecule has 0 aliphatic carbocycles. The summed E-state index contributed by atoms with van der Waals surface area (Å²) in [6, 6.07) is 5.73. The molecule has 2 amide bonds. The van der Waals surface area contributed by atoms with Gasteiger partial charge in [-0.05, 0) is 36.6 Å². The summed E-state index contributed by atoms with van der Waals surface area (Å²) in [7, 11) is 0. The first-order valence-electron chi connectivity index (χ1n) is 10.7. The summed E-state index contributed by atoms with van der Waals surface area (Å²) < 4.78 is 18.4. The van der Waals surface area contributed by atoms with Crippen LogP contribution in [0, 0.1) is 11.7 Å². The maximum absolute atomic E-state index is 12.9. The van der Waals surface area contributed by atoms with Crippen molar-refractivity contribution in [1.29, 1.82) is 0 Å². The second-order valence-electron chi connectivity index (χ2n) is 7.46. The van der Waals surface area contributed by atoms with E-state index in [2.05, 4.69) is 29.4 Å². The van der Waals surface area contributed by atoms with Gasteiger partial charge in [0.05, 0.1) is 13.2 Å². The van der Waals surface area contributed by atoms with Crippen LogP contribution in [0.1, 0.15) is 49.9 Å². The highest BCUT2D eigenvalue weighted by Gasteiger charge is 2.27. The second-order valence-corrected chi connectivity index (χ2v) is 7.46. The zero-order valence-electron chi connectivity index (χ0n) is 17.6. The van der Waals surface area contributed by atoms with Crippen LogP contribution in [0.2, 0.25) is 0 Å². The second kappa shape index (κ2) is 12.5. The molecule has 1 saturated heterocycles. The van der Waals surface area contributed by atoms with Crippen molar-refractivity contribution in [3.05, 3.63) is 35.6 Å². The lowest BCUT2D eigenvalue weighted by atomic mass is 9.92. The van der Waals surface area contributed by atoms with Crippen molar-refractivity contribution >= 4 is 11.8 Å². The van der Waals surface area contributed by atoms with Crippen molar-refractivity contribution in [1.82, 2.24) is 15.5 Å². The molecule has 1 aliphatic heterocycles. The summed E-state index contributed by atoms with van der Waals surface area (Å²) in [5, 5.41) is 5.84. The number of hydrogen-bond donors (Lipinski definition) is 2. The van der Waals surface area contributed by atoms with Gasteiger partial charge in [-0.25, -0.2) is 4.39 Å². The fourth-order valence-corrected chi connectivity index (χ4v) is 3.80. The zero-order chi connectivity index (χ0) is 21.1. The SMILES string of the molecule is CCC(CC)C(CNC(=O)CCCNC(=O)c1ccc(F)cc1)N1CCOCC1. The average molecular weight is 408 g/mol. The maximum atomic E-state index is 12.9. The molecule has 2 N–H and O–H groups in total. The van der Waals surface area contributed by atoms with Crippen molar-refractivity contribution in [3.8, 4) is 0 Å². The third-order valence-electron chi connectivity index (χ3n) is 5.59. The van der Waals surface area contributed by atoms with Crippen molar-refractivity contribution in [2.75, 3.05) is 39.4 Å². The Morgan fingerprint density at radius 1 is 1.10 bits per heavy atom. The number of rotatable bonds is 11. The number of carbonyl (C=O) groups is 2. The molecule has 29 heavy (non-hydrogen) atoms. The Morgan fingerprint density at radius 3 is 2.38 bits per heavy atom. The number of amides is 2. The molecule has 162 valence electrons. The van der Waals surface area contributed by atoms with E-state index in [9.17, 15) is 14.0 Å². The normalized spacial score (nSPS) is 15.9. The van der Waals surface area contributed by atoms with Crippen LogP contribution in [0.5, 0.6) is 0 Å². The van der Waals surface area contributed by atoms with E-state index >= 15 is 0 Å². The van der Waals surface area contributed by atoms with Crippen LogP contribution >= 0.6 is 0 Å². The Bertz CT molecular complexity index is 629. The molecule has 1 unspecified atom stereocenters. The molecule has 2 rings (SSSR count). The Kier molecular flexibility index (Phi) is 10.1. The van der Waals surface area contributed by atoms with E-state index in [1.807, 2.05) is 0 Å². The summed E-state index contributed by atoms with van der Waals surface area (Å²) in [5.41, 5.74) is 0.411. The van der Waals surface area contributed by atoms with E-state index < -0.39 is 0 Å². The average Bonchev–Trinajstić information content (AvgIpc) is 2.75. The lowest BCUT2D eigenvalue weighted by Crippen LogP contribution is -2.52. The predicted molar refractivity (Wildman–Crippen MR) is 111 cm³/mol. The zero-order valence-corrected chi connectivity index (χ0v) is 17.6. The van der Waals surface area contributed by atoms with E-state index in [1.54, 1.807) is 0 Å². The highest BCUT2D eigenvalue weighted by Crippen LogP contribution is 2.19. The Labute approximate surface area is 173 Å². The van der Waals surface area contributed by atoms with E-state index in [0.717, 1.165) is 39.1 Å². The number of hydrogen-bond acceptors (Lipinski definition) is 4. The fraction of sp³-hybridized carbons (Fsp3) is 0.636. The van der Waals surface area contributed by atoms with Gasteiger partial charge in [0.15, 0.2) is 0 Å². The van der Waals surface area contributed by atoms with Crippen LogP contribution in [0.25, 0.3) is 0 Å². The Morgan fingerprint density at radius 2 is 1.76 bits per heavy atom. The van der Waals surface area contributed by atoms with Gasteiger partial charge in [-0.3, -0.25) is 14.5 Å². The van der Waals surface area contributed by atoms with E-state index in [4.69, 9.17) is 4.74 Å². The molecule has 1 aliphatic rings. The van der Waals surface area contributed by atoms with E-state index in [0.29, 0.717) is 43.5 Å². The molecule has 1 atom stereocenters. The standard InChI is InChI=1S/C22H34FN3O3/c1-3-17(4-2)20(26-12-14-29-15-13-26)16-25-21(27)6-5-11-24-22(28)18-7-9-19(23)10-8-18/h7-10,17,20H,3-6,11-16H2,1-2H3,(H,24,28)(H,25,27). The summed E-state index contributed by atoms with van der Waals surface area (Å²) >= 11 is 0. The highest BCUT2D eigenvalue weighted by atomic mass is 19.1. The lowest BCUT2D eigenvalue weighted by Gasteiger charge is -2.38. The molecule has 1 fully saturated rings. The molecule has 0 bridgehead atoms. The fourth-order valence-electron chi connectivity index (χ4n) is 3.80. The first-order chi connectivity index (χ1) is 14.0. The minimum absolute atomic E-state index is 0.00486. The Hall–Kier alpha value is -1.99.